The van der Waals surface area contributed by atoms with Crippen LogP contribution in [-0.4, -0.2) is 0 Å². The summed E-state index contributed by atoms with van der Waals surface area (Å²) in [6.45, 7) is 16.2. The predicted octanol–water partition coefficient (Wildman–Crippen LogP) is 23.1. The van der Waals surface area contributed by atoms with E-state index < -0.39 is 0 Å². The zero-order valence-corrected chi connectivity index (χ0v) is 48.7. The summed E-state index contributed by atoms with van der Waals surface area (Å²) in [7, 11) is 0. The van der Waals surface area contributed by atoms with Crippen molar-refractivity contribution in [2.75, 3.05) is 0 Å². The Labute approximate surface area is 440 Å². The fraction of sp³-hybridized carbons (Fsp3) is 0.914. The van der Waals surface area contributed by atoms with Crippen LogP contribution in [0.4, 0.5) is 0 Å². The molecule has 0 amide bonds. The van der Waals surface area contributed by atoms with Gasteiger partial charge in [0.25, 0.3) is 0 Å². The maximum absolute atomic E-state index is 2.34. The van der Waals surface area contributed by atoms with E-state index in [1.165, 1.54) is 210 Å². The summed E-state index contributed by atoms with van der Waals surface area (Å²) in [6, 6.07) is 8.78. The van der Waals surface area contributed by atoms with Crippen LogP contribution in [0.1, 0.15) is 329 Å². The molecule has 0 N–H and O–H groups in total. The topological polar surface area (TPSA) is 0 Å². The van der Waals surface area contributed by atoms with Crippen LogP contribution < -0.4 is 0 Å². The molecule has 16 rings (SSSR count). The number of fused-ring (bicyclic) bond motifs is 5. The average Bonchev–Trinajstić information content (AvgIpc) is 4.19. The quantitative estimate of drug-likeness (QED) is 0.277. The zero-order chi connectivity index (χ0) is 49.3. The summed E-state index contributed by atoms with van der Waals surface area (Å²) < 4.78 is 0. The maximum Gasteiger partial charge on any atom is -0.0184 e. The van der Waals surface area contributed by atoms with Crippen molar-refractivity contribution in [3.05, 3.63) is 35.4 Å². The first-order valence-electron chi connectivity index (χ1n) is 33.2. The van der Waals surface area contributed by atoms with Crippen molar-refractivity contribution in [1.29, 1.82) is 0 Å². The van der Waals surface area contributed by atoms with E-state index >= 15 is 0 Å². The molecule has 0 radical (unpaired) electrons. The monoisotopic (exact) mass is 965 g/mol. The molecule has 0 aromatic heterocycles. The molecule has 0 heterocycles. The molecule has 404 valence electrons. The standard InChI is InChI=1S/C10H12.C9H16.C8H14.C7H10.6C6H12/c1-8-6-7-9-4-2-3-5-10(8)9;1-3-8-5-2-6-9(4-1)7-8;1-2-7-4-5-8(3-1)6-7;1-4-2-6-5(1)7(6)3-4;1-5-3-6(2)4-5;2*1-6-4-2-3-5-6;2*1-2-6-4-3-5-6;1-2-4-6-5-3-1/h2-5,8H,6-7H2,1H3;8-9H,1-7H2;7-8H,1-6H2;4-7H,1-3H2;5-6H,3-4H2,1-2H3;4*6H,2-5H2,1H3;1-6H2. The second kappa shape index (κ2) is 33.3. The Morgan fingerprint density at radius 2 is 0.671 bits per heavy atom. The van der Waals surface area contributed by atoms with Crippen LogP contribution in [0.5, 0.6) is 0 Å². The van der Waals surface area contributed by atoms with Gasteiger partial charge in [-0.3, -0.25) is 0 Å². The third kappa shape index (κ3) is 21.8. The molecule has 0 nitrogen and oxygen atoms in total. The molecule has 0 saturated heterocycles. The molecule has 15 aliphatic rings. The first-order valence-corrected chi connectivity index (χ1v) is 33.2. The first kappa shape index (κ1) is 58.5. The summed E-state index contributed by atoms with van der Waals surface area (Å²) in [6.07, 6.45) is 63.4. The van der Waals surface area contributed by atoms with Gasteiger partial charge in [0, 0.05) is 0 Å². The Kier molecular flexibility index (Phi) is 27.8. The molecule has 8 bridgehead atoms. The lowest BCUT2D eigenvalue weighted by molar-refractivity contribution is 0.190. The van der Waals surface area contributed by atoms with E-state index in [2.05, 4.69) is 72.7 Å². The Bertz CT molecular complexity index is 1310. The molecule has 15 aliphatic carbocycles. The van der Waals surface area contributed by atoms with Gasteiger partial charge in [-0.1, -0.05) is 285 Å². The molecular weight excluding hydrogens is 841 g/mol. The van der Waals surface area contributed by atoms with Crippen LogP contribution in [0.25, 0.3) is 0 Å². The minimum Gasteiger partial charge on any atom is -0.0651 e. The van der Waals surface area contributed by atoms with Crippen LogP contribution in [0.15, 0.2) is 24.3 Å². The minimum atomic E-state index is 0.802. The van der Waals surface area contributed by atoms with E-state index in [1.807, 2.05) is 0 Å². The Balaban J connectivity index is 0.000000128. The second-order valence-corrected chi connectivity index (χ2v) is 28.0. The van der Waals surface area contributed by atoms with Crippen molar-refractivity contribution in [2.45, 2.75) is 324 Å². The Morgan fingerprint density at radius 3 is 0.900 bits per heavy atom. The van der Waals surface area contributed by atoms with Gasteiger partial charge in [-0.15, -0.1) is 0 Å². The molecule has 0 aliphatic heterocycles. The van der Waals surface area contributed by atoms with E-state index in [0.29, 0.717) is 0 Å². The van der Waals surface area contributed by atoms with Crippen LogP contribution in [0.3, 0.4) is 0 Å². The predicted molar refractivity (Wildman–Crippen MR) is 311 cm³/mol. The Hall–Kier alpha value is -0.780. The highest BCUT2D eigenvalue weighted by Gasteiger charge is 2.62. The lowest BCUT2D eigenvalue weighted by atomic mass is 9.72. The second-order valence-electron chi connectivity index (χ2n) is 28.0. The van der Waals surface area contributed by atoms with Crippen LogP contribution in [0.2, 0.25) is 0 Å². The van der Waals surface area contributed by atoms with Gasteiger partial charge in [0.2, 0.25) is 0 Å². The van der Waals surface area contributed by atoms with Gasteiger partial charge in [-0.05, 0) is 158 Å². The summed E-state index contributed by atoms with van der Waals surface area (Å²) >= 11 is 0. The highest BCUT2D eigenvalue weighted by molar-refractivity contribution is 5.34. The molecule has 14 saturated carbocycles. The fourth-order valence-electron chi connectivity index (χ4n) is 16.2. The van der Waals surface area contributed by atoms with Gasteiger partial charge in [0.15, 0.2) is 0 Å². The number of benzene rings is 1. The molecule has 3 atom stereocenters. The molecule has 70 heavy (non-hydrogen) atoms. The van der Waals surface area contributed by atoms with Crippen LogP contribution in [-0.2, 0) is 6.42 Å². The molecule has 3 unspecified atom stereocenters. The van der Waals surface area contributed by atoms with E-state index in [4.69, 9.17) is 0 Å². The smallest absolute Gasteiger partial charge is 0.0184 e. The number of aryl methyl sites for hydroxylation is 1. The fourth-order valence-corrected chi connectivity index (χ4v) is 16.2. The minimum absolute atomic E-state index is 0.802. The SMILES string of the molecule is C1C2CC3C1C3C2.C1CC2CCC(C1)C2.C1CC2CCCC(C1)C2.C1CCCCC1.CC1CC(C)C1.CC1CCCC1.CC1CCCC1.CC1CCc2ccccc21.CCC1CCC1.CCC1CCC1. The molecule has 1 aromatic rings. The largest absolute Gasteiger partial charge is 0.0651 e. The average molecular weight is 966 g/mol. The third-order valence-corrected chi connectivity index (χ3v) is 21.8. The Morgan fingerprint density at radius 1 is 0.314 bits per heavy atom. The summed E-state index contributed by atoms with van der Waals surface area (Å²) in [5.74, 6) is 16.8. The summed E-state index contributed by atoms with van der Waals surface area (Å²) in [5, 5.41) is 0. The van der Waals surface area contributed by atoms with Crippen molar-refractivity contribution in [1.82, 2.24) is 0 Å². The molecule has 0 heteroatoms. The van der Waals surface area contributed by atoms with Crippen molar-refractivity contribution >= 4 is 0 Å². The van der Waals surface area contributed by atoms with E-state index in [0.717, 1.165) is 65.1 Å². The highest BCUT2D eigenvalue weighted by atomic mass is 14.7. The molecule has 14 fully saturated rings. The van der Waals surface area contributed by atoms with Crippen molar-refractivity contribution < 1.29 is 0 Å². The number of hydrogen-bond donors (Lipinski definition) is 0. The maximum atomic E-state index is 2.34. The molecule has 0 spiro atoms. The van der Waals surface area contributed by atoms with Gasteiger partial charge in [0.05, 0.1) is 0 Å². The number of rotatable bonds is 2. The van der Waals surface area contributed by atoms with Gasteiger partial charge < -0.3 is 0 Å². The number of hydrogen-bond acceptors (Lipinski definition) is 0. The summed E-state index contributed by atoms with van der Waals surface area (Å²) in [5.41, 5.74) is 3.14. The molecule has 1 aromatic carbocycles. The zero-order valence-electron chi connectivity index (χ0n) is 48.7. The van der Waals surface area contributed by atoms with Crippen molar-refractivity contribution in [3.63, 3.8) is 0 Å². The molecular formula is C70H124. The van der Waals surface area contributed by atoms with E-state index in [9.17, 15) is 0 Å². The van der Waals surface area contributed by atoms with E-state index in [1.54, 1.807) is 94.6 Å². The van der Waals surface area contributed by atoms with E-state index in [-0.39, 0.29) is 0 Å². The lowest BCUT2D eigenvalue weighted by Gasteiger charge is -2.33. The van der Waals surface area contributed by atoms with Gasteiger partial charge in [-0.2, -0.15) is 0 Å². The van der Waals surface area contributed by atoms with Crippen molar-refractivity contribution in [3.8, 4) is 0 Å². The first-order chi connectivity index (χ1) is 34.2. The van der Waals surface area contributed by atoms with Crippen molar-refractivity contribution in [2.24, 2.45) is 82.9 Å². The van der Waals surface area contributed by atoms with Gasteiger partial charge in [0.1, 0.15) is 0 Å². The normalized spacial score (nSPS) is 35.4. The van der Waals surface area contributed by atoms with Gasteiger partial charge >= 0.3 is 0 Å². The summed E-state index contributed by atoms with van der Waals surface area (Å²) in [4.78, 5) is 0. The third-order valence-electron chi connectivity index (χ3n) is 21.8. The van der Waals surface area contributed by atoms with Crippen LogP contribution in [0, 0.1) is 82.9 Å². The highest BCUT2D eigenvalue weighted by Crippen LogP contribution is 2.70. The van der Waals surface area contributed by atoms with Crippen LogP contribution >= 0.6 is 0 Å². The lowest BCUT2D eigenvalue weighted by Crippen LogP contribution is -2.20. The van der Waals surface area contributed by atoms with Gasteiger partial charge in [-0.25, -0.2) is 0 Å².